The van der Waals surface area contributed by atoms with Gasteiger partial charge >= 0.3 is 0 Å². The van der Waals surface area contributed by atoms with Gasteiger partial charge in [-0.05, 0) is 44.2 Å². The van der Waals surface area contributed by atoms with Crippen LogP contribution in [0.4, 0.5) is 0 Å². The smallest absolute Gasteiger partial charge is 0.142 e. The third-order valence-corrected chi connectivity index (χ3v) is 5.34. The molecule has 2 atom stereocenters. The molecule has 3 rings (SSSR count). The Morgan fingerprint density at radius 3 is 2.76 bits per heavy atom. The number of nitrogens with two attached hydrogens (primary N) is 1. The second-order valence-electron chi connectivity index (χ2n) is 6.76. The minimum Gasteiger partial charge on any atom is -0.330 e. The van der Waals surface area contributed by atoms with Gasteiger partial charge in [0.2, 0.25) is 0 Å². The number of aromatic nitrogens is 2. The van der Waals surface area contributed by atoms with Gasteiger partial charge in [-0.15, -0.1) is 0 Å². The second-order valence-corrected chi connectivity index (χ2v) is 6.76. The summed E-state index contributed by atoms with van der Waals surface area (Å²) >= 11 is 0. The average Bonchev–Trinajstić information content (AvgIpc) is 3.16. The van der Waals surface area contributed by atoms with Crippen LogP contribution in [0.15, 0.2) is 12.3 Å². The van der Waals surface area contributed by atoms with E-state index >= 15 is 0 Å². The van der Waals surface area contributed by atoms with Gasteiger partial charge in [0.1, 0.15) is 5.78 Å². The van der Waals surface area contributed by atoms with E-state index in [1.54, 1.807) is 0 Å². The summed E-state index contributed by atoms with van der Waals surface area (Å²) in [6, 6.07) is 2.57. The van der Waals surface area contributed by atoms with Gasteiger partial charge in [-0.25, -0.2) is 0 Å². The van der Waals surface area contributed by atoms with Gasteiger partial charge < -0.3 is 5.73 Å². The van der Waals surface area contributed by atoms with Gasteiger partial charge in [0.25, 0.3) is 0 Å². The summed E-state index contributed by atoms with van der Waals surface area (Å²) in [6.45, 7) is 0.646. The minimum absolute atomic E-state index is 0.176. The van der Waals surface area contributed by atoms with Gasteiger partial charge in [0.15, 0.2) is 0 Å². The van der Waals surface area contributed by atoms with E-state index in [-0.39, 0.29) is 5.92 Å². The maximum Gasteiger partial charge on any atom is 0.142 e. The molecule has 1 heterocycles. The molecule has 21 heavy (non-hydrogen) atoms. The SMILES string of the molecule is NCC1CCCC1C(=O)Cc1ccn(C2CCCCC2)n1. The molecule has 2 aliphatic carbocycles. The third-order valence-electron chi connectivity index (χ3n) is 5.34. The zero-order chi connectivity index (χ0) is 14.7. The topological polar surface area (TPSA) is 60.9 Å². The Morgan fingerprint density at radius 1 is 1.19 bits per heavy atom. The first kappa shape index (κ1) is 14.8. The van der Waals surface area contributed by atoms with Crippen LogP contribution in [0.1, 0.15) is 63.1 Å². The highest BCUT2D eigenvalue weighted by atomic mass is 16.1. The van der Waals surface area contributed by atoms with Crippen molar-refractivity contribution in [3.05, 3.63) is 18.0 Å². The normalized spacial score (nSPS) is 27.1. The summed E-state index contributed by atoms with van der Waals surface area (Å²) in [4.78, 5) is 12.5. The van der Waals surface area contributed by atoms with Crippen molar-refractivity contribution in [2.24, 2.45) is 17.6 Å². The number of hydrogen-bond donors (Lipinski definition) is 1. The van der Waals surface area contributed by atoms with Crippen molar-refractivity contribution in [3.63, 3.8) is 0 Å². The Labute approximate surface area is 127 Å². The van der Waals surface area contributed by atoms with E-state index in [9.17, 15) is 4.79 Å². The Balaban J connectivity index is 1.60. The molecule has 1 aromatic rings. The van der Waals surface area contributed by atoms with E-state index < -0.39 is 0 Å². The lowest BCUT2D eigenvalue weighted by molar-refractivity contribution is -0.123. The van der Waals surface area contributed by atoms with Crippen molar-refractivity contribution in [2.45, 2.75) is 63.8 Å². The van der Waals surface area contributed by atoms with Crippen molar-refractivity contribution in [1.29, 1.82) is 0 Å². The number of rotatable bonds is 5. The monoisotopic (exact) mass is 289 g/mol. The first-order valence-electron chi connectivity index (χ1n) is 8.54. The summed E-state index contributed by atoms with van der Waals surface area (Å²) in [7, 11) is 0. The summed E-state index contributed by atoms with van der Waals surface area (Å²) in [6.07, 6.45) is 12.3. The molecule has 2 N–H and O–H groups in total. The second kappa shape index (κ2) is 6.73. The zero-order valence-electron chi connectivity index (χ0n) is 12.8. The Morgan fingerprint density at radius 2 is 2.00 bits per heavy atom. The van der Waals surface area contributed by atoms with Gasteiger partial charge in [-0.2, -0.15) is 5.10 Å². The molecular formula is C17H27N3O. The van der Waals surface area contributed by atoms with E-state index in [0.29, 0.717) is 30.7 Å². The van der Waals surface area contributed by atoms with Gasteiger partial charge in [-0.1, -0.05) is 25.7 Å². The largest absolute Gasteiger partial charge is 0.330 e. The highest BCUT2D eigenvalue weighted by Gasteiger charge is 2.31. The number of ketones is 1. The van der Waals surface area contributed by atoms with E-state index in [1.165, 1.54) is 32.1 Å². The van der Waals surface area contributed by atoms with E-state index in [4.69, 9.17) is 5.73 Å². The number of nitrogens with zero attached hydrogens (tertiary/aromatic N) is 2. The molecular weight excluding hydrogens is 262 g/mol. The number of carbonyl (C=O) groups is 1. The van der Waals surface area contributed by atoms with Crippen LogP contribution >= 0.6 is 0 Å². The molecule has 0 spiro atoms. The molecule has 0 saturated heterocycles. The predicted molar refractivity (Wildman–Crippen MR) is 82.9 cm³/mol. The fourth-order valence-electron chi connectivity index (χ4n) is 4.07. The molecule has 116 valence electrons. The first-order valence-corrected chi connectivity index (χ1v) is 8.54. The van der Waals surface area contributed by atoms with Crippen molar-refractivity contribution < 1.29 is 4.79 Å². The molecule has 0 radical (unpaired) electrons. The summed E-state index contributed by atoms with van der Waals surface area (Å²) in [5.74, 6) is 0.921. The van der Waals surface area contributed by atoms with Crippen molar-refractivity contribution in [3.8, 4) is 0 Å². The number of Topliss-reactive ketones (excluding diaryl/α,β-unsaturated/α-hetero) is 1. The average molecular weight is 289 g/mol. The van der Waals surface area contributed by atoms with Crippen LogP contribution in [0.2, 0.25) is 0 Å². The Hall–Kier alpha value is -1.16. The molecule has 2 fully saturated rings. The first-order chi connectivity index (χ1) is 10.3. The van der Waals surface area contributed by atoms with Gasteiger partial charge in [0, 0.05) is 12.1 Å². The lowest BCUT2D eigenvalue weighted by atomic mass is 9.90. The summed E-state index contributed by atoms with van der Waals surface area (Å²) in [5, 5.41) is 4.66. The maximum absolute atomic E-state index is 12.5. The summed E-state index contributed by atoms with van der Waals surface area (Å²) in [5.41, 5.74) is 6.72. The van der Waals surface area contributed by atoms with Crippen LogP contribution in [0, 0.1) is 11.8 Å². The zero-order valence-corrected chi connectivity index (χ0v) is 12.8. The molecule has 4 nitrogen and oxygen atoms in total. The van der Waals surface area contributed by atoms with Crippen LogP contribution in [0.5, 0.6) is 0 Å². The molecule has 2 saturated carbocycles. The van der Waals surface area contributed by atoms with Crippen molar-refractivity contribution >= 4 is 5.78 Å². The Bertz CT molecular complexity index is 476. The minimum atomic E-state index is 0.176. The van der Waals surface area contributed by atoms with Gasteiger partial charge in [0.05, 0.1) is 18.2 Å². The van der Waals surface area contributed by atoms with Crippen LogP contribution in [-0.2, 0) is 11.2 Å². The van der Waals surface area contributed by atoms with Crippen LogP contribution in [0.25, 0.3) is 0 Å². The van der Waals surface area contributed by atoms with Crippen molar-refractivity contribution in [2.75, 3.05) is 6.54 Å². The number of hydrogen-bond acceptors (Lipinski definition) is 3. The van der Waals surface area contributed by atoms with Crippen LogP contribution in [0.3, 0.4) is 0 Å². The lowest BCUT2D eigenvalue weighted by Gasteiger charge is -2.21. The molecule has 0 aromatic carbocycles. The molecule has 2 aliphatic rings. The van der Waals surface area contributed by atoms with Crippen LogP contribution < -0.4 is 5.73 Å². The molecule has 0 bridgehead atoms. The van der Waals surface area contributed by atoms with E-state index in [2.05, 4.69) is 16.0 Å². The Kier molecular flexibility index (Phi) is 4.73. The van der Waals surface area contributed by atoms with Gasteiger partial charge in [-0.3, -0.25) is 9.48 Å². The fourth-order valence-corrected chi connectivity index (χ4v) is 4.07. The third kappa shape index (κ3) is 3.37. The quantitative estimate of drug-likeness (QED) is 0.906. The molecule has 2 unspecified atom stereocenters. The van der Waals surface area contributed by atoms with Crippen molar-refractivity contribution in [1.82, 2.24) is 9.78 Å². The highest BCUT2D eigenvalue weighted by molar-refractivity contribution is 5.83. The molecule has 4 heteroatoms. The lowest BCUT2D eigenvalue weighted by Crippen LogP contribution is -2.26. The molecule has 0 amide bonds. The predicted octanol–water partition coefficient (Wildman–Crippen LogP) is 2.87. The maximum atomic E-state index is 12.5. The van der Waals surface area contributed by atoms with E-state index in [0.717, 1.165) is 25.0 Å². The summed E-state index contributed by atoms with van der Waals surface area (Å²) < 4.78 is 2.09. The highest BCUT2D eigenvalue weighted by Crippen LogP contribution is 2.32. The van der Waals surface area contributed by atoms with Crippen LogP contribution in [-0.4, -0.2) is 22.1 Å². The molecule has 0 aliphatic heterocycles. The molecule has 1 aromatic heterocycles. The standard InChI is InChI=1S/C17H27N3O/c18-12-13-5-4-8-16(13)17(21)11-14-9-10-20(19-14)15-6-2-1-3-7-15/h9-10,13,15-16H,1-8,11-12,18H2. The fraction of sp³-hybridized carbons (Fsp3) is 0.765. The van der Waals surface area contributed by atoms with E-state index in [1.807, 2.05) is 6.07 Å². The number of carbonyl (C=O) groups excluding carboxylic acids is 1.